The molecule has 0 saturated heterocycles. The van der Waals surface area contributed by atoms with Crippen LogP contribution in [0.4, 0.5) is 0 Å². The largest absolute Gasteiger partial charge is 0.497 e. The van der Waals surface area contributed by atoms with Crippen molar-refractivity contribution in [1.82, 2.24) is 4.72 Å². The number of nitrogens with one attached hydrogen (secondary N) is 1. The lowest BCUT2D eigenvalue weighted by Gasteiger charge is -2.22. The molecular weight excluding hydrogens is 370 g/mol. The van der Waals surface area contributed by atoms with Crippen LogP contribution < -0.4 is 9.46 Å². The third kappa shape index (κ3) is 4.26. The summed E-state index contributed by atoms with van der Waals surface area (Å²) < 4.78 is 34.9. The summed E-state index contributed by atoms with van der Waals surface area (Å²) in [6.45, 7) is 5.58. The molecule has 0 aliphatic carbocycles. The number of rotatable bonds is 6. The first kappa shape index (κ1) is 20.1. The van der Waals surface area contributed by atoms with Crippen molar-refractivity contribution in [2.45, 2.75) is 31.7 Å². The quantitative estimate of drug-likeness (QED) is 0.659. The van der Waals surface area contributed by atoms with Gasteiger partial charge in [0.15, 0.2) is 0 Å². The second-order valence-electron chi connectivity index (χ2n) is 6.97. The van der Waals surface area contributed by atoms with Gasteiger partial charge in [0.2, 0.25) is 10.0 Å². The summed E-state index contributed by atoms with van der Waals surface area (Å²) in [6, 6.07) is 20.5. The van der Waals surface area contributed by atoms with Crippen molar-refractivity contribution < 1.29 is 13.2 Å². The van der Waals surface area contributed by atoms with E-state index in [0.717, 1.165) is 16.7 Å². The average molecular weight is 396 g/mol. The molecule has 146 valence electrons. The summed E-state index contributed by atoms with van der Waals surface area (Å²) in [5.74, 6) is 0.645. The number of aryl methyl sites for hydroxylation is 3. The molecule has 0 amide bonds. The van der Waals surface area contributed by atoms with Gasteiger partial charge in [0.1, 0.15) is 5.75 Å². The molecule has 3 rings (SSSR count). The predicted octanol–water partition coefficient (Wildman–Crippen LogP) is 4.69. The van der Waals surface area contributed by atoms with Crippen LogP contribution in [0.3, 0.4) is 0 Å². The fraction of sp³-hybridized carbons (Fsp3) is 0.217. The highest BCUT2D eigenvalue weighted by molar-refractivity contribution is 7.89. The molecule has 0 unspecified atom stereocenters. The normalized spacial score (nSPS) is 12.6. The molecule has 0 aliphatic heterocycles. The van der Waals surface area contributed by atoms with Gasteiger partial charge >= 0.3 is 0 Å². The molecule has 1 atom stereocenters. The Morgan fingerprint density at radius 3 is 1.89 bits per heavy atom. The predicted molar refractivity (Wildman–Crippen MR) is 112 cm³/mol. The molecule has 28 heavy (non-hydrogen) atoms. The maximum atomic E-state index is 13.3. The van der Waals surface area contributed by atoms with Gasteiger partial charge in [-0.3, -0.25) is 0 Å². The Morgan fingerprint density at radius 1 is 0.821 bits per heavy atom. The summed E-state index contributed by atoms with van der Waals surface area (Å²) in [5, 5.41) is 0. The third-order valence-corrected chi connectivity index (χ3v) is 6.48. The van der Waals surface area contributed by atoms with Crippen LogP contribution >= 0.6 is 0 Å². The molecule has 0 saturated carbocycles. The van der Waals surface area contributed by atoms with Crippen molar-refractivity contribution >= 4 is 10.0 Å². The first-order valence-electron chi connectivity index (χ1n) is 9.11. The Labute approximate surface area is 167 Å². The third-order valence-electron chi connectivity index (χ3n) is 4.75. The van der Waals surface area contributed by atoms with Crippen LogP contribution in [-0.4, -0.2) is 15.5 Å². The molecular formula is C23H25NO3S. The zero-order valence-corrected chi connectivity index (χ0v) is 17.4. The van der Waals surface area contributed by atoms with E-state index in [0.29, 0.717) is 21.8 Å². The van der Waals surface area contributed by atoms with Gasteiger partial charge in [-0.15, -0.1) is 0 Å². The van der Waals surface area contributed by atoms with Crippen LogP contribution in [0.1, 0.15) is 33.9 Å². The molecule has 5 heteroatoms. The fourth-order valence-electron chi connectivity index (χ4n) is 3.40. The van der Waals surface area contributed by atoms with Gasteiger partial charge in [-0.1, -0.05) is 60.2 Å². The van der Waals surface area contributed by atoms with E-state index in [-0.39, 0.29) is 0 Å². The minimum atomic E-state index is -3.76. The van der Waals surface area contributed by atoms with Crippen molar-refractivity contribution in [2.24, 2.45) is 0 Å². The summed E-state index contributed by atoms with van der Waals surface area (Å²) in [4.78, 5) is 0.293. The number of sulfonamides is 1. The van der Waals surface area contributed by atoms with Gasteiger partial charge in [-0.25, -0.2) is 8.42 Å². The lowest BCUT2D eigenvalue weighted by molar-refractivity contribution is 0.413. The second-order valence-corrected chi connectivity index (χ2v) is 8.62. The maximum Gasteiger partial charge on any atom is 0.241 e. The molecule has 0 heterocycles. The Balaban J connectivity index is 2.07. The zero-order valence-electron chi connectivity index (χ0n) is 16.6. The number of benzene rings is 3. The monoisotopic (exact) mass is 395 g/mol. The van der Waals surface area contributed by atoms with Crippen LogP contribution in [0.15, 0.2) is 71.6 Å². The molecule has 3 aromatic rings. The molecule has 3 aromatic carbocycles. The van der Waals surface area contributed by atoms with E-state index in [1.54, 1.807) is 33.1 Å². The number of hydrogen-bond donors (Lipinski definition) is 1. The highest BCUT2D eigenvalue weighted by Gasteiger charge is 2.26. The van der Waals surface area contributed by atoms with Gasteiger partial charge in [-0.05, 0) is 55.2 Å². The van der Waals surface area contributed by atoms with Crippen molar-refractivity contribution in [3.8, 4) is 5.75 Å². The van der Waals surface area contributed by atoms with Crippen LogP contribution in [0, 0.1) is 20.8 Å². The van der Waals surface area contributed by atoms with Crippen molar-refractivity contribution in [2.75, 3.05) is 7.11 Å². The molecule has 0 fully saturated rings. The zero-order chi connectivity index (χ0) is 20.3. The van der Waals surface area contributed by atoms with E-state index in [2.05, 4.69) is 4.72 Å². The fourth-order valence-corrected chi connectivity index (χ4v) is 5.07. The van der Waals surface area contributed by atoms with Gasteiger partial charge < -0.3 is 4.74 Å². The van der Waals surface area contributed by atoms with Gasteiger partial charge in [0.25, 0.3) is 0 Å². The first-order valence-corrected chi connectivity index (χ1v) is 10.6. The highest BCUT2D eigenvalue weighted by Crippen LogP contribution is 2.29. The minimum absolute atomic E-state index is 0.293. The number of methoxy groups -OCH3 is 1. The van der Waals surface area contributed by atoms with Gasteiger partial charge in [0.05, 0.1) is 18.0 Å². The van der Waals surface area contributed by atoms with Crippen molar-refractivity contribution in [1.29, 1.82) is 0 Å². The van der Waals surface area contributed by atoms with Gasteiger partial charge in [-0.2, -0.15) is 4.72 Å². The Morgan fingerprint density at radius 2 is 1.36 bits per heavy atom. The molecule has 0 aliphatic rings. The van der Waals surface area contributed by atoms with E-state index in [1.165, 1.54) is 0 Å². The average Bonchev–Trinajstić information content (AvgIpc) is 2.67. The lowest BCUT2D eigenvalue weighted by Crippen LogP contribution is -2.30. The van der Waals surface area contributed by atoms with Crippen molar-refractivity contribution in [3.63, 3.8) is 0 Å². The summed E-state index contributed by atoms with van der Waals surface area (Å²) in [6.07, 6.45) is 0. The van der Waals surface area contributed by atoms with Crippen LogP contribution in [-0.2, 0) is 10.0 Å². The van der Waals surface area contributed by atoms with Crippen LogP contribution in [0.25, 0.3) is 0 Å². The van der Waals surface area contributed by atoms with E-state index in [4.69, 9.17) is 4.74 Å². The number of hydrogen-bond acceptors (Lipinski definition) is 3. The second kappa shape index (κ2) is 8.17. The van der Waals surface area contributed by atoms with Crippen LogP contribution in [0.5, 0.6) is 5.75 Å². The molecule has 4 nitrogen and oxygen atoms in total. The SMILES string of the molecule is COc1cc(C)c(S(=O)(=O)N[C@H](c2ccccc2)c2ccc(C)cc2)c(C)c1. The standard InChI is InChI=1S/C23H25NO3S/c1-16-10-12-20(13-11-16)22(19-8-6-5-7-9-19)24-28(25,26)23-17(2)14-21(27-4)15-18(23)3/h5-15,22,24H,1-4H3/t22-/m1/s1. The lowest BCUT2D eigenvalue weighted by atomic mass is 9.99. The minimum Gasteiger partial charge on any atom is -0.497 e. The first-order chi connectivity index (χ1) is 13.3. The topological polar surface area (TPSA) is 55.4 Å². The van der Waals surface area contributed by atoms with Crippen LogP contribution in [0.2, 0.25) is 0 Å². The molecule has 0 aromatic heterocycles. The molecule has 0 spiro atoms. The smallest absolute Gasteiger partial charge is 0.241 e. The highest BCUT2D eigenvalue weighted by atomic mass is 32.2. The van der Waals surface area contributed by atoms with E-state index in [9.17, 15) is 8.42 Å². The summed E-state index contributed by atoms with van der Waals surface area (Å²) >= 11 is 0. The summed E-state index contributed by atoms with van der Waals surface area (Å²) in [7, 11) is -2.18. The van der Waals surface area contributed by atoms with Crippen molar-refractivity contribution in [3.05, 3.63) is 94.5 Å². The van der Waals surface area contributed by atoms with E-state index in [1.807, 2.05) is 61.5 Å². The van der Waals surface area contributed by atoms with E-state index < -0.39 is 16.1 Å². The number of ether oxygens (including phenoxy) is 1. The molecule has 1 N–H and O–H groups in total. The molecule has 0 bridgehead atoms. The Hall–Kier alpha value is -2.63. The molecule has 0 radical (unpaired) electrons. The van der Waals surface area contributed by atoms with Gasteiger partial charge in [0, 0.05) is 0 Å². The van der Waals surface area contributed by atoms with E-state index >= 15 is 0 Å². The summed E-state index contributed by atoms with van der Waals surface area (Å²) in [5.41, 5.74) is 4.21. The Bertz CT molecular complexity index is 1040. The Kier molecular flexibility index (Phi) is 5.87. The maximum absolute atomic E-state index is 13.3.